The summed E-state index contributed by atoms with van der Waals surface area (Å²) >= 11 is 12.0. The van der Waals surface area contributed by atoms with Crippen LogP contribution in [0, 0.1) is 11.8 Å². The summed E-state index contributed by atoms with van der Waals surface area (Å²) in [6.45, 7) is 0. The summed E-state index contributed by atoms with van der Waals surface area (Å²) in [5.74, 6) is -7.67. The first kappa shape index (κ1) is 31.0. The number of amides is 1. The number of nitrogens with one attached hydrogen (secondary N) is 1. The zero-order valence-electron chi connectivity index (χ0n) is 24.0. The van der Waals surface area contributed by atoms with Crippen molar-refractivity contribution in [2.45, 2.75) is 19.3 Å². The Labute approximate surface area is 272 Å². The van der Waals surface area contributed by atoms with Gasteiger partial charge < -0.3 is 5.32 Å². The second kappa shape index (κ2) is 12.4. The number of anilines is 1. The summed E-state index contributed by atoms with van der Waals surface area (Å²) in [7, 11) is 0. The van der Waals surface area contributed by atoms with Gasteiger partial charge in [0.15, 0.2) is 40.6 Å². The predicted molar refractivity (Wildman–Crippen MR) is 170 cm³/mol. The lowest BCUT2D eigenvalue weighted by Crippen LogP contribution is -2.31. The molecule has 0 spiro atoms. The van der Waals surface area contributed by atoms with Gasteiger partial charge in [0.1, 0.15) is 5.92 Å². The van der Waals surface area contributed by atoms with E-state index in [9.17, 15) is 33.6 Å². The number of benzene rings is 4. The van der Waals surface area contributed by atoms with E-state index in [4.69, 9.17) is 23.2 Å². The standard InChI is InChI=1S/C36H23Cl2NO7/c37-21-6-1-4-18(14-21)5-2-9-28(40)29-32(42)24-12-10-19(15-26(24)34(29)44)31(41)20-11-13-25-27(16-20)35(45)30(33(25)43)36(46)39-23-8-3-7-22(38)17-23/h1,3-4,6-8,10-17,29-30H,2,5,9H2,(H,39,46). The molecule has 6 rings (SSSR count). The minimum absolute atomic E-state index is 0.0132. The monoisotopic (exact) mass is 651 g/mol. The van der Waals surface area contributed by atoms with E-state index >= 15 is 0 Å². The SMILES string of the molecule is O=C(c1ccc2c(c1)C(=O)C(C(=O)CCCc1cccc(Cl)c1)C2=O)c1ccc2c(c1)C(=O)C(C(=O)Nc1cccc(Cl)c1)C2=O. The first-order valence-electron chi connectivity index (χ1n) is 14.4. The fourth-order valence-electron chi connectivity index (χ4n) is 5.85. The van der Waals surface area contributed by atoms with Gasteiger partial charge in [-0.1, -0.05) is 53.5 Å². The maximum atomic E-state index is 13.5. The van der Waals surface area contributed by atoms with Crippen LogP contribution < -0.4 is 5.32 Å². The topological polar surface area (TPSA) is 132 Å². The van der Waals surface area contributed by atoms with E-state index in [1.807, 2.05) is 6.07 Å². The van der Waals surface area contributed by atoms with Gasteiger partial charge in [-0.05, 0) is 73.0 Å². The van der Waals surface area contributed by atoms with E-state index in [1.54, 1.807) is 36.4 Å². The maximum Gasteiger partial charge on any atom is 0.243 e. The van der Waals surface area contributed by atoms with Crippen molar-refractivity contribution in [1.29, 1.82) is 0 Å². The van der Waals surface area contributed by atoms with Crippen LogP contribution in [0.1, 0.15) is 75.8 Å². The Bertz CT molecular complexity index is 2030. The molecule has 0 aromatic heterocycles. The zero-order chi connectivity index (χ0) is 32.7. The Morgan fingerprint density at radius 2 is 1.15 bits per heavy atom. The highest BCUT2D eigenvalue weighted by molar-refractivity contribution is 6.38. The second-order valence-corrected chi connectivity index (χ2v) is 12.0. The molecule has 2 aliphatic carbocycles. The summed E-state index contributed by atoms with van der Waals surface area (Å²) in [6.07, 6.45) is 1.00. The third-order valence-corrected chi connectivity index (χ3v) is 8.60. The van der Waals surface area contributed by atoms with Crippen molar-refractivity contribution in [2.24, 2.45) is 11.8 Å². The van der Waals surface area contributed by atoms with Crippen LogP contribution >= 0.6 is 23.2 Å². The number of hydrogen-bond donors (Lipinski definition) is 1. The van der Waals surface area contributed by atoms with Gasteiger partial charge in [-0.25, -0.2) is 0 Å². The van der Waals surface area contributed by atoms with Crippen LogP contribution in [0.5, 0.6) is 0 Å². The number of aryl methyl sites for hydroxylation is 1. The number of halogens is 2. The van der Waals surface area contributed by atoms with Crippen molar-refractivity contribution >= 4 is 69.5 Å². The van der Waals surface area contributed by atoms with E-state index in [0.29, 0.717) is 28.6 Å². The molecule has 0 bridgehead atoms. The van der Waals surface area contributed by atoms with Crippen LogP contribution in [0.3, 0.4) is 0 Å². The van der Waals surface area contributed by atoms with Crippen LogP contribution in [-0.2, 0) is 16.0 Å². The van der Waals surface area contributed by atoms with E-state index in [-0.39, 0.29) is 39.8 Å². The van der Waals surface area contributed by atoms with Crippen molar-refractivity contribution in [3.63, 3.8) is 0 Å². The molecule has 0 aliphatic heterocycles. The largest absolute Gasteiger partial charge is 0.325 e. The van der Waals surface area contributed by atoms with Crippen LogP contribution in [0.2, 0.25) is 10.0 Å². The lowest BCUT2D eigenvalue weighted by molar-refractivity contribution is -0.120. The number of fused-ring (bicyclic) bond motifs is 2. The molecule has 4 aromatic rings. The lowest BCUT2D eigenvalue weighted by Gasteiger charge is -2.09. The molecule has 2 unspecified atom stereocenters. The minimum atomic E-state index is -1.62. The van der Waals surface area contributed by atoms with E-state index in [1.165, 1.54) is 42.5 Å². The fraction of sp³-hybridized carbons (Fsp3) is 0.139. The molecule has 1 amide bonds. The Morgan fingerprint density at radius 1 is 0.609 bits per heavy atom. The average molecular weight is 652 g/mol. The van der Waals surface area contributed by atoms with Gasteiger partial charge in [-0.2, -0.15) is 0 Å². The van der Waals surface area contributed by atoms with E-state index in [0.717, 1.165) is 5.56 Å². The Kier molecular flexibility index (Phi) is 8.34. The average Bonchev–Trinajstić information content (AvgIpc) is 3.43. The van der Waals surface area contributed by atoms with E-state index in [2.05, 4.69) is 5.32 Å². The molecule has 2 aliphatic rings. The van der Waals surface area contributed by atoms with Crippen LogP contribution in [-0.4, -0.2) is 40.6 Å². The summed E-state index contributed by atoms with van der Waals surface area (Å²) in [4.78, 5) is 91.7. The van der Waals surface area contributed by atoms with Crippen LogP contribution in [0.25, 0.3) is 0 Å². The maximum absolute atomic E-state index is 13.5. The highest BCUT2D eigenvalue weighted by Gasteiger charge is 2.45. The summed E-state index contributed by atoms with van der Waals surface area (Å²) in [5.41, 5.74) is 1.34. The van der Waals surface area contributed by atoms with Gasteiger partial charge in [0.05, 0.1) is 0 Å². The Morgan fingerprint density at radius 3 is 1.76 bits per heavy atom. The van der Waals surface area contributed by atoms with Gasteiger partial charge in [-0.15, -0.1) is 0 Å². The number of carbonyl (C=O) groups excluding carboxylic acids is 7. The smallest absolute Gasteiger partial charge is 0.243 e. The van der Waals surface area contributed by atoms with Crippen molar-refractivity contribution in [1.82, 2.24) is 0 Å². The normalized spacial score (nSPS) is 16.7. The van der Waals surface area contributed by atoms with Gasteiger partial charge in [-0.3, -0.25) is 33.6 Å². The van der Waals surface area contributed by atoms with Gasteiger partial charge in [0.25, 0.3) is 0 Å². The molecule has 1 N–H and O–H groups in total. The molecular weight excluding hydrogens is 629 g/mol. The molecule has 0 heterocycles. The van der Waals surface area contributed by atoms with Crippen LogP contribution in [0.4, 0.5) is 5.69 Å². The summed E-state index contributed by atoms with van der Waals surface area (Å²) in [5, 5.41) is 3.46. The van der Waals surface area contributed by atoms with E-state index < -0.39 is 52.4 Å². The molecule has 228 valence electrons. The fourth-order valence-corrected chi connectivity index (χ4v) is 6.25. The highest BCUT2D eigenvalue weighted by atomic mass is 35.5. The molecule has 10 heteroatoms. The Balaban J connectivity index is 1.16. The molecule has 4 aromatic carbocycles. The number of ketones is 6. The number of rotatable bonds is 9. The third-order valence-electron chi connectivity index (χ3n) is 8.13. The first-order valence-corrected chi connectivity index (χ1v) is 15.1. The molecular formula is C36H23Cl2NO7. The molecule has 2 atom stereocenters. The lowest BCUT2D eigenvalue weighted by atomic mass is 9.94. The molecule has 46 heavy (non-hydrogen) atoms. The molecule has 0 fully saturated rings. The quantitative estimate of drug-likeness (QED) is 0.163. The minimum Gasteiger partial charge on any atom is -0.325 e. The van der Waals surface area contributed by atoms with Crippen molar-refractivity contribution in [3.05, 3.63) is 134 Å². The summed E-state index contributed by atoms with van der Waals surface area (Å²) in [6, 6.07) is 21.4. The van der Waals surface area contributed by atoms with Gasteiger partial charge in [0.2, 0.25) is 5.91 Å². The molecule has 0 saturated heterocycles. The predicted octanol–water partition coefficient (Wildman–Crippen LogP) is 6.45. The second-order valence-electron chi connectivity index (χ2n) is 11.1. The van der Waals surface area contributed by atoms with Crippen molar-refractivity contribution in [2.75, 3.05) is 5.32 Å². The van der Waals surface area contributed by atoms with Crippen LogP contribution in [0.15, 0.2) is 84.9 Å². The zero-order valence-corrected chi connectivity index (χ0v) is 25.5. The number of carbonyl (C=O) groups is 7. The third kappa shape index (κ3) is 5.73. The molecule has 8 nitrogen and oxygen atoms in total. The number of hydrogen-bond acceptors (Lipinski definition) is 7. The Hall–Kier alpha value is -5.05. The van der Waals surface area contributed by atoms with Gasteiger partial charge in [0, 0.05) is 55.5 Å². The summed E-state index contributed by atoms with van der Waals surface area (Å²) < 4.78 is 0. The molecule has 0 saturated carbocycles. The highest BCUT2D eigenvalue weighted by Crippen LogP contribution is 2.32. The van der Waals surface area contributed by atoms with Crippen molar-refractivity contribution < 1.29 is 33.6 Å². The first-order chi connectivity index (χ1) is 22.0. The van der Waals surface area contributed by atoms with Gasteiger partial charge >= 0.3 is 0 Å². The van der Waals surface area contributed by atoms with Crippen molar-refractivity contribution in [3.8, 4) is 0 Å². The molecule has 0 radical (unpaired) electrons. The number of Topliss-reactive ketones (excluding diaryl/α,β-unsaturated/α-hetero) is 5.